The Bertz CT molecular complexity index is 568. The van der Waals surface area contributed by atoms with Gasteiger partial charge in [0.2, 0.25) is 0 Å². The van der Waals surface area contributed by atoms with Crippen molar-refractivity contribution in [1.29, 1.82) is 0 Å². The normalized spacial score (nSPS) is 22.8. The average Bonchev–Trinajstić information content (AvgIpc) is 2.77. The van der Waals surface area contributed by atoms with Crippen molar-refractivity contribution < 1.29 is 9.53 Å². The molecule has 0 radical (unpaired) electrons. The fourth-order valence-electron chi connectivity index (χ4n) is 2.35. The summed E-state index contributed by atoms with van der Waals surface area (Å²) in [5, 5.41) is 0. The van der Waals surface area contributed by atoms with E-state index in [2.05, 4.69) is 0 Å². The summed E-state index contributed by atoms with van der Waals surface area (Å²) in [6.45, 7) is 0. The third-order valence-electron chi connectivity index (χ3n) is 3.38. The van der Waals surface area contributed by atoms with Crippen molar-refractivity contribution in [2.24, 2.45) is 0 Å². The van der Waals surface area contributed by atoms with Gasteiger partial charge in [-0.2, -0.15) is 0 Å². The molecule has 1 fully saturated rings. The molecule has 1 aliphatic rings. The quantitative estimate of drug-likeness (QED) is 0.823. The van der Waals surface area contributed by atoms with Crippen molar-refractivity contribution in [2.75, 3.05) is 7.05 Å². The Balaban J connectivity index is 1.90. The fraction of sp³-hybridized carbons (Fsp3) is 0.188. The van der Waals surface area contributed by atoms with E-state index in [-0.39, 0.29) is 12.1 Å². The maximum atomic E-state index is 12.3. The van der Waals surface area contributed by atoms with Crippen LogP contribution in [0, 0.1) is 0 Å². The van der Waals surface area contributed by atoms with Crippen molar-refractivity contribution >= 4 is 5.91 Å². The average molecular weight is 253 g/mol. The van der Waals surface area contributed by atoms with Crippen LogP contribution in [-0.4, -0.2) is 17.9 Å². The Morgan fingerprint density at radius 2 is 1.42 bits per heavy atom. The highest BCUT2D eigenvalue weighted by Crippen LogP contribution is 2.37. The largest absolute Gasteiger partial charge is 0.336 e. The second-order valence-corrected chi connectivity index (χ2v) is 4.64. The van der Waals surface area contributed by atoms with Gasteiger partial charge in [0.15, 0.2) is 12.3 Å². The van der Waals surface area contributed by atoms with Crippen LogP contribution in [0.15, 0.2) is 60.7 Å². The van der Waals surface area contributed by atoms with E-state index in [1.165, 1.54) is 0 Å². The maximum Gasteiger partial charge on any atom is 0.258 e. The van der Waals surface area contributed by atoms with E-state index < -0.39 is 6.10 Å². The van der Waals surface area contributed by atoms with E-state index in [9.17, 15) is 4.79 Å². The summed E-state index contributed by atoms with van der Waals surface area (Å²) < 4.78 is 5.93. The summed E-state index contributed by atoms with van der Waals surface area (Å²) in [5.74, 6) is 0.0000491. The van der Waals surface area contributed by atoms with Gasteiger partial charge >= 0.3 is 0 Å². The molecule has 2 atom stereocenters. The van der Waals surface area contributed by atoms with Gasteiger partial charge in [-0.05, 0) is 5.56 Å². The third kappa shape index (κ3) is 2.13. The van der Waals surface area contributed by atoms with E-state index >= 15 is 0 Å². The maximum absolute atomic E-state index is 12.3. The Hall–Kier alpha value is -2.13. The molecular weight excluding hydrogens is 238 g/mol. The Morgan fingerprint density at radius 1 is 0.895 bits per heavy atom. The lowest BCUT2D eigenvalue weighted by Gasteiger charge is -2.17. The number of rotatable bonds is 2. The van der Waals surface area contributed by atoms with Crippen molar-refractivity contribution in [3.63, 3.8) is 0 Å². The van der Waals surface area contributed by atoms with Crippen LogP contribution in [0.2, 0.25) is 0 Å². The second-order valence-electron chi connectivity index (χ2n) is 4.64. The van der Waals surface area contributed by atoms with Gasteiger partial charge < -0.3 is 9.64 Å². The predicted octanol–water partition coefficient (Wildman–Crippen LogP) is 2.92. The van der Waals surface area contributed by atoms with Crippen LogP contribution < -0.4 is 0 Å². The first-order chi connectivity index (χ1) is 9.27. The number of hydrogen-bond donors (Lipinski definition) is 0. The van der Waals surface area contributed by atoms with Gasteiger partial charge in [-0.1, -0.05) is 60.7 Å². The highest BCUT2D eigenvalue weighted by atomic mass is 16.5. The van der Waals surface area contributed by atoms with Crippen molar-refractivity contribution in [3.8, 4) is 0 Å². The van der Waals surface area contributed by atoms with Gasteiger partial charge in [0.05, 0.1) is 0 Å². The van der Waals surface area contributed by atoms with E-state index in [1.54, 1.807) is 11.9 Å². The molecule has 1 aliphatic heterocycles. The van der Waals surface area contributed by atoms with Gasteiger partial charge in [0.25, 0.3) is 5.91 Å². The standard InChI is InChI=1S/C16H15NO2/c1-17-15(18)14(12-8-4-2-5-9-12)19-16(17)13-10-6-3-7-11-13/h2-11,14,16H,1H3/t14-,16+/m1/s1. The lowest BCUT2D eigenvalue weighted by molar-refractivity contribution is -0.129. The third-order valence-corrected chi connectivity index (χ3v) is 3.38. The zero-order valence-corrected chi connectivity index (χ0v) is 10.7. The molecule has 2 aromatic rings. The first-order valence-electron chi connectivity index (χ1n) is 6.29. The molecule has 1 amide bonds. The summed E-state index contributed by atoms with van der Waals surface area (Å²) in [5.41, 5.74) is 1.90. The molecule has 3 heteroatoms. The molecule has 1 saturated heterocycles. The lowest BCUT2D eigenvalue weighted by Crippen LogP contribution is -2.24. The van der Waals surface area contributed by atoms with Crippen LogP contribution in [-0.2, 0) is 9.53 Å². The molecule has 19 heavy (non-hydrogen) atoms. The monoisotopic (exact) mass is 253 g/mol. The van der Waals surface area contributed by atoms with E-state index in [1.807, 2.05) is 60.7 Å². The van der Waals surface area contributed by atoms with Crippen molar-refractivity contribution in [2.45, 2.75) is 12.3 Å². The molecule has 0 N–H and O–H groups in total. The van der Waals surface area contributed by atoms with E-state index in [0.29, 0.717) is 0 Å². The number of ether oxygens (including phenoxy) is 1. The molecule has 0 spiro atoms. The molecule has 0 saturated carbocycles. The minimum Gasteiger partial charge on any atom is -0.336 e. The summed E-state index contributed by atoms with van der Waals surface area (Å²) >= 11 is 0. The Morgan fingerprint density at radius 3 is 2.00 bits per heavy atom. The summed E-state index contributed by atoms with van der Waals surface area (Å²) in [6, 6.07) is 19.4. The number of likely N-dealkylation sites (N-methyl/N-ethyl adjacent to an activating group) is 1. The molecule has 3 nitrogen and oxygen atoms in total. The molecule has 0 bridgehead atoms. The summed E-state index contributed by atoms with van der Waals surface area (Å²) in [6.07, 6.45) is -0.810. The number of benzene rings is 2. The highest BCUT2D eigenvalue weighted by Gasteiger charge is 2.39. The van der Waals surface area contributed by atoms with Gasteiger partial charge in [0.1, 0.15) is 0 Å². The number of hydrogen-bond acceptors (Lipinski definition) is 2. The molecular formula is C16H15NO2. The Labute approximate surface area is 112 Å². The number of carbonyl (C=O) groups is 1. The molecule has 3 rings (SSSR count). The molecule has 1 heterocycles. The van der Waals surface area contributed by atoms with E-state index in [4.69, 9.17) is 4.74 Å². The van der Waals surface area contributed by atoms with Gasteiger partial charge in [-0.25, -0.2) is 0 Å². The van der Waals surface area contributed by atoms with Crippen LogP contribution in [0.5, 0.6) is 0 Å². The van der Waals surface area contributed by atoms with Crippen molar-refractivity contribution in [1.82, 2.24) is 4.90 Å². The minimum atomic E-state index is -0.503. The molecule has 0 aromatic heterocycles. The number of nitrogens with zero attached hydrogens (tertiary/aromatic N) is 1. The molecule has 0 aliphatic carbocycles. The van der Waals surface area contributed by atoms with Gasteiger partial charge in [0, 0.05) is 12.6 Å². The first kappa shape index (κ1) is 11.9. The Kier molecular flexibility index (Phi) is 3.05. The van der Waals surface area contributed by atoms with Gasteiger partial charge in [-0.15, -0.1) is 0 Å². The first-order valence-corrected chi connectivity index (χ1v) is 6.29. The number of amides is 1. The zero-order chi connectivity index (χ0) is 13.2. The predicted molar refractivity (Wildman–Crippen MR) is 72.2 cm³/mol. The highest BCUT2D eigenvalue weighted by molar-refractivity contribution is 5.84. The fourth-order valence-corrected chi connectivity index (χ4v) is 2.35. The summed E-state index contributed by atoms with van der Waals surface area (Å²) in [7, 11) is 1.78. The van der Waals surface area contributed by atoms with Crippen LogP contribution in [0.4, 0.5) is 0 Å². The zero-order valence-electron chi connectivity index (χ0n) is 10.7. The van der Waals surface area contributed by atoms with Crippen LogP contribution in [0.1, 0.15) is 23.5 Å². The smallest absolute Gasteiger partial charge is 0.258 e. The van der Waals surface area contributed by atoms with Crippen LogP contribution >= 0.6 is 0 Å². The van der Waals surface area contributed by atoms with Gasteiger partial charge in [-0.3, -0.25) is 4.79 Å². The topological polar surface area (TPSA) is 29.5 Å². The van der Waals surface area contributed by atoms with Crippen LogP contribution in [0.25, 0.3) is 0 Å². The van der Waals surface area contributed by atoms with Crippen molar-refractivity contribution in [3.05, 3.63) is 71.8 Å². The lowest BCUT2D eigenvalue weighted by atomic mass is 10.1. The SMILES string of the molecule is CN1C(=O)[C@@H](c2ccccc2)O[C@H]1c1ccccc1. The minimum absolute atomic E-state index is 0.0000491. The van der Waals surface area contributed by atoms with Crippen LogP contribution in [0.3, 0.4) is 0 Å². The summed E-state index contributed by atoms with van der Waals surface area (Å²) in [4.78, 5) is 14.0. The van der Waals surface area contributed by atoms with E-state index in [0.717, 1.165) is 11.1 Å². The number of carbonyl (C=O) groups excluding carboxylic acids is 1. The molecule has 0 unspecified atom stereocenters. The molecule has 96 valence electrons. The second kappa shape index (κ2) is 4.86. The molecule has 2 aromatic carbocycles.